The van der Waals surface area contributed by atoms with Crippen molar-refractivity contribution in [2.24, 2.45) is 5.41 Å². The lowest BCUT2D eigenvalue weighted by Crippen LogP contribution is -2.44. The molecule has 1 spiro atoms. The first-order chi connectivity index (χ1) is 14.2. The molecule has 0 aliphatic carbocycles. The van der Waals surface area contributed by atoms with Crippen LogP contribution in [-0.2, 0) is 13.0 Å². The number of carbonyl (C=O) groups excluding carboxylic acids is 1. The Bertz CT molecular complexity index is 1020. The third kappa shape index (κ3) is 3.18. The molecule has 2 aliphatic heterocycles. The molecule has 1 saturated heterocycles. The highest BCUT2D eigenvalue weighted by molar-refractivity contribution is 5.92. The van der Waals surface area contributed by atoms with Crippen molar-refractivity contribution >= 4 is 5.91 Å². The van der Waals surface area contributed by atoms with Gasteiger partial charge in [-0.25, -0.2) is 4.98 Å². The lowest BCUT2D eigenvalue weighted by molar-refractivity contribution is 0.0571. The van der Waals surface area contributed by atoms with Crippen LogP contribution < -0.4 is 4.74 Å². The summed E-state index contributed by atoms with van der Waals surface area (Å²) < 4.78 is 7.63. The summed E-state index contributed by atoms with van der Waals surface area (Å²) in [4.78, 5) is 23.6. The molecule has 0 radical (unpaired) electrons. The summed E-state index contributed by atoms with van der Waals surface area (Å²) in [6, 6.07) is 13.6. The van der Waals surface area contributed by atoms with E-state index in [0.29, 0.717) is 5.69 Å². The number of hydrogen-bond donors (Lipinski definition) is 0. The van der Waals surface area contributed by atoms with Crippen molar-refractivity contribution in [3.8, 4) is 17.0 Å². The summed E-state index contributed by atoms with van der Waals surface area (Å²) in [5, 5.41) is 0. The summed E-state index contributed by atoms with van der Waals surface area (Å²) in [6.07, 6.45) is 6.63. The molecule has 2 aromatic heterocycles. The van der Waals surface area contributed by atoms with Gasteiger partial charge < -0.3 is 14.2 Å². The molecule has 29 heavy (non-hydrogen) atoms. The molecule has 148 valence electrons. The van der Waals surface area contributed by atoms with Gasteiger partial charge in [0.25, 0.3) is 5.91 Å². The van der Waals surface area contributed by atoms with Gasteiger partial charge in [-0.05, 0) is 54.7 Å². The van der Waals surface area contributed by atoms with Crippen LogP contribution >= 0.6 is 0 Å². The number of nitrogens with zero attached hydrogens (tertiary/aromatic N) is 4. The van der Waals surface area contributed by atoms with E-state index in [1.807, 2.05) is 35.4 Å². The maximum Gasteiger partial charge on any atom is 0.272 e. The quantitative estimate of drug-likeness (QED) is 0.690. The summed E-state index contributed by atoms with van der Waals surface area (Å²) in [6.45, 7) is 2.52. The van der Waals surface area contributed by atoms with Crippen LogP contribution in [0.3, 0.4) is 0 Å². The van der Waals surface area contributed by atoms with E-state index in [2.05, 4.69) is 21.7 Å². The molecule has 1 fully saturated rings. The van der Waals surface area contributed by atoms with E-state index in [4.69, 9.17) is 9.72 Å². The minimum Gasteiger partial charge on any atom is -0.497 e. The number of amides is 1. The highest BCUT2D eigenvalue weighted by Crippen LogP contribution is 2.43. The Labute approximate surface area is 170 Å². The Morgan fingerprint density at radius 2 is 1.86 bits per heavy atom. The van der Waals surface area contributed by atoms with Gasteiger partial charge in [0.2, 0.25) is 0 Å². The van der Waals surface area contributed by atoms with Gasteiger partial charge in [-0.1, -0.05) is 6.07 Å². The fourth-order valence-corrected chi connectivity index (χ4v) is 4.62. The average molecular weight is 388 g/mol. The monoisotopic (exact) mass is 388 g/mol. The zero-order valence-electron chi connectivity index (χ0n) is 16.5. The van der Waals surface area contributed by atoms with Crippen LogP contribution in [0, 0.1) is 5.41 Å². The van der Waals surface area contributed by atoms with Crippen molar-refractivity contribution in [2.45, 2.75) is 25.8 Å². The van der Waals surface area contributed by atoms with Gasteiger partial charge in [-0.15, -0.1) is 0 Å². The number of benzene rings is 1. The Morgan fingerprint density at radius 3 is 2.55 bits per heavy atom. The Kier molecular flexibility index (Phi) is 4.34. The number of rotatable bonds is 3. The zero-order valence-corrected chi connectivity index (χ0v) is 16.5. The molecule has 2 aliphatic rings. The minimum absolute atomic E-state index is 0.0371. The van der Waals surface area contributed by atoms with Crippen LogP contribution in [0.25, 0.3) is 11.3 Å². The summed E-state index contributed by atoms with van der Waals surface area (Å²) >= 11 is 0. The number of imidazole rings is 1. The fraction of sp³-hybridized carbons (Fsp3) is 0.348. The summed E-state index contributed by atoms with van der Waals surface area (Å²) in [5.74, 6) is 2.05. The number of ether oxygens (including phenoxy) is 1. The number of hydrogen-bond acceptors (Lipinski definition) is 4. The van der Waals surface area contributed by atoms with E-state index >= 15 is 0 Å². The van der Waals surface area contributed by atoms with Crippen molar-refractivity contribution in [1.29, 1.82) is 0 Å². The van der Waals surface area contributed by atoms with E-state index in [0.717, 1.165) is 61.7 Å². The maximum absolute atomic E-state index is 12.7. The highest BCUT2D eigenvalue weighted by atomic mass is 16.5. The molecule has 1 aromatic carbocycles. The molecule has 0 bridgehead atoms. The van der Waals surface area contributed by atoms with Crippen molar-refractivity contribution in [1.82, 2.24) is 19.4 Å². The first-order valence-electron chi connectivity index (χ1n) is 10.1. The number of aromatic nitrogens is 3. The third-order valence-electron chi connectivity index (χ3n) is 6.35. The molecule has 0 saturated carbocycles. The number of methoxy groups -OCH3 is 1. The molecule has 5 rings (SSSR count). The van der Waals surface area contributed by atoms with Crippen molar-refractivity contribution in [3.05, 3.63) is 66.4 Å². The standard InChI is InChI=1S/C23H24N4O2/c1-29-18-7-5-17(6-8-18)20-15-25-21-14-23(16-27(20)21)9-12-26(13-10-23)22(28)19-4-2-3-11-24-19/h2-8,11,15H,9-10,12-14,16H2,1H3. The average Bonchev–Trinajstić information content (AvgIpc) is 3.32. The van der Waals surface area contributed by atoms with Gasteiger partial charge in [0.05, 0.1) is 19.0 Å². The molecule has 1 amide bonds. The molecule has 0 N–H and O–H groups in total. The van der Waals surface area contributed by atoms with Crippen LogP contribution in [0.1, 0.15) is 29.2 Å². The smallest absolute Gasteiger partial charge is 0.272 e. The van der Waals surface area contributed by atoms with Crippen LogP contribution in [-0.4, -0.2) is 45.5 Å². The van der Waals surface area contributed by atoms with Crippen molar-refractivity contribution in [2.75, 3.05) is 20.2 Å². The lowest BCUT2D eigenvalue weighted by atomic mass is 9.77. The van der Waals surface area contributed by atoms with Gasteiger partial charge >= 0.3 is 0 Å². The predicted octanol–water partition coefficient (Wildman–Crippen LogP) is 3.43. The van der Waals surface area contributed by atoms with Gasteiger partial charge in [0.15, 0.2) is 0 Å². The van der Waals surface area contributed by atoms with E-state index < -0.39 is 0 Å². The first kappa shape index (κ1) is 17.9. The Balaban J connectivity index is 1.30. The van der Waals surface area contributed by atoms with E-state index in [1.54, 1.807) is 19.4 Å². The summed E-state index contributed by atoms with van der Waals surface area (Å²) in [5.41, 5.74) is 3.05. The highest BCUT2D eigenvalue weighted by Gasteiger charge is 2.42. The van der Waals surface area contributed by atoms with Crippen LogP contribution in [0.15, 0.2) is 54.9 Å². The molecule has 4 heterocycles. The molecule has 6 heteroatoms. The first-order valence-corrected chi connectivity index (χ1v) is 10.1. The normalized spacial score (nSPS) is 17.3. The topological polar surface area (TPSA) is 60.2 Å². The number of fused-ring (bicyclic) bond motifs is 1. The minimum atomic E-state index is 0.0371. The largest absolute Gasteiger partial charge is 0.497 e. The lowest BCUT2D eigenvalue weighted by Gasteiger charge is -2.38. The zero-order chi connectivity index (χ0) is 19.8. The second-order valence-electron chi connectivity index (χ2n) is 8.06. The summed E-state index contributed by atoms with van der Waals surface area (Å²) in [7, 11) is 1.68. The number of pyridine rings is 1. The number of piperidine rings is 1. The van der Waals surface area contributed by atoms with E-state index in [1.165, 1.54) is 0 Å². The molecular weight excluding hydrogens is 364 g/mol. The predicted molar refractivity (Wildman–Crippen MR) is 110 cm³/mol. The molecule has 6 nitrogen and oxygen atoms in total. The maximum atomic E-state index is 12.7. The van der Waals surface area contributed by atoms with Crippen molar-refractivity contribution in [3.63, 3.8) is 0 Å². The van der Waals surface area contributed by atoms with E-state index in [-0.39, 0.29) is 11.3 Å². The Hall–Kier alpha value is -3.15. The third-order valence-corrected chi connectivity index (χ3v) is 6.35. The molecule has 0 atom stereocenters. The Morgan fingerprint density at radius 1 is 1.07 bits per heavy atom. The molecule has 3 aromatic rings. The molecule has 0 unspecified atom stereocenters. The van der Waals surface area contributed by atoms with Gasteiger partial charge in [0.1, 0.15) is 17.3 Å². The van der Waals surface area contributed by atoms with Crippen LogP contribution in [0.5, 0.6) is 5.75 Å². The van der Waals surface area contributed by atoms with Gasteiger partial charge in [-0.3, -0.25) is 9.78 Å². The van der Waals surface area contributed by atoms with Gasteiger partial charge in [-0.2, -0.15) is 0 Å². The number of carbonyl (C=O) groups is 1. The van der Waals surface area contributed by atoms with Crippen LogP contribution in [0.4, 0.5) is 0 Å². The second kappa shape index (κ2) is 7.03. The number of likely N-dealkylation sites (tertiary alicyclic amines) is 1. The SMILES string of the molecule is COc1ccc(-c2cnc3n2CC2(CCN(C(=O)c4ccccn4)CC2)C3)cc1. The second-order valence-corrected chi connectivity index (χ2v) is 8.06. The van der Waals surface area contributed by atoms with Gasteiger partial charge in [0, 0.05) is 37.8 Å². The van der Waals surface area contributed by atoms with Crippen LogP contribution in [0.2, 0.25) is 0 Å². The van der Waals surface area contributed by atoms with E-state index in [9.17, 15) is 4.79 Å². The van der Waals surface area contributed by atoms with Crippen molar-refractivity contribution < 1.29 is 9.53 Å². The fourth-order valence-electron chi connectivity index (χ4n) is 4.62. The molecular formula is C23H24N4O2.